The Kier molecular flexibility index (Phi) is 5.87. The van der Waals surface area contributed by atoms with Gasteiger partial charge in [0.1, 0.15) is 0 Å². The standard InChI is InChI=1S/C19H17N3O2/c1-14(23)22-18-9-6-15(7-10-18)8-11-19(24)21-13-17-4-2-16(12-20)3-5-17/h2-11H,13H2,1H3,(H,21,24)(H,22,23)/b11-8+. The van der Waals surface area contributed by atoms with E-state index in [1.54, 1.807) is 30.3 Å². The van der Waals surface area contributed by atoms with Crippen molar-refractivity contribution in [1.29, 1.82) is 5.26 Å². The summed E-state index contributed by atoms with van der Waals surface area (Å²) in [4.78, 5) is 22.8. The molecular formula is C19H17N3O2. The summed E-state index contributed by atoms with van der Waals surface area (Å²) in [6.07, 6.45) is 3.16. The van der Waals surface area contributed by atoms with Crippen LogP contribution in [0.1, 0.15) is 23.6 Å². The highest BCUT2D eigenvalue weighted by molar-refractivity contribution is 5.92. The van der Waals surface area contributed by atoms with Crippen LogP contribution in [0.5, 0.6) is 0 Å². The van der Waals surface area contributed by atoms with Crippen molar-refractivity contribution in [2.24, 2.45) is 0 Å². The molecule has 2 rings (SSSR count). The third-order valence-corrected chi connectivity index (χ3v) is 3.21. The number of hydrogen-bond donors (Lipinski definition) is 2. The maximum absolute atomic E-state index is 11.8. The van der Waals surface area contributed by atoms with Crippen LogP contribution >= 0.6 is 0 Å². The number of hydrogen-bond acceptors (Lipinski definition) is 3. The fraction of sp³-hybridized carbons (Fsp3) is 0.105. The second kappa shape index (κ2) is 8.30. The van der Waals surface area contributed by atoms with Crippen LogP contribution in [0.4, 0.5) is 5.69 Å². The van der Waals surface area contributed by atoms with Crippen molar-refractivity contribution in [1.82, 2.24) is 5.32 Å². The molecule has 0 aliphatic heterocycles. The van der Waals surface area contributed by atoms with Gasteiger partial charge in [-0.15, -0.1) is 0 Å². The minimum absolute atomic E-state index is 0.125. The molecule has 5 nitrogen and oxygen atoms in total. The molecule has 0 aromatic heterocycles. The molecule has 2 aromatic carbocycles. The second-order valence-electron chi connectivity index (χ2n) is 5.16. The van der Waals surface area contributed by atoms with Gasteiger partial charge in [0.15, 0.2) is 0 Å². The zero-order valence-electron chi connectivity index (χ0n) is 13.2. The lowest BCUT2D eigenvalue weighted by molar-refractivity contribution is -0.116. The number of nitrogens with zero attached hydrogens (tertiary/aromatic N) is 1. The third kappa shape index (κ3) is 5.43. The van der Waals surface area contributed by atoms with Crippen LogP contribution < -0.4 is 10.6 Å². The normalized spacial score (nSPS) is 10.2. The first-order valence-corrected chi connectivity index (χ1v) is 7.39. The number of rotatable bonds is 5. The highest BCUT2D eigenvalue weighted by Gasteiger charge is 1.98. The summed E-state index contributed by atoms with van der Waals surface area (Å²) >= 11 is 0. The van der Waals surface area contributed by atoms with Gasteiger partial charge in [0, 0.05) is 25.2 Å². The molecule has 2 aromatic rings. The summed E-state index contributed by atoms with van der Waals surface area (Å²) in [5.74, 6) is -0.328. The molecule has 0 atom stereocenters. The van der Waals surface area contributed by atoms with Gasteiger partial charge < -0.3 is 10.6 Å². The lowest BCUT2D eigenvalue weighted by Gasteiger charge is -2.03. The molecule has 0 bridgehead atoms. The predicted molar refractivity (Wildman–Crippen MR) is 92.8 cm³/mol. The summed E-state index contributed by atoms with van der Waals surface area (Å²) in [5.41, 5.74) is 3.09. The summed E-state index contributed by atoms with van der Waals surface area (Å²) in [6, 6.07) is 16.3. The van der Waals surface area contributed by atoms with Crippen LogP contribution in [0.3, 0.4) is 0 Å². The average molecular weight is 319 g/mol. The first-order valence-electron chi connectivity index (χ1n) is 7.39. The molecule has 0 spiro atoms. The Balaban J connectivity index is 1.85. The fourth-order valence-corrected chi connectivity index (χ4v) is 2.00. The number of nitriles is 1. The maximum atomic E-state index is 11.8. The molecule has 0 aliphatic carbocycles. The van der Waals surface area contributed by atoms with Crippen molar-refractivity contribution >= 4 is 23.6 Å². The van der Waals surface area contributed by atoms with Crippen molar-refractivity contribution in [2.45, 2.75) is 13.5 Å². The van der Waals surface area contributed by atoms with Gasteiger partial charge in [-0.2, -0.15) is 5.26 Å². The van der Waals surface area contributed by atoms with Crippen LogP contribution in [0.15, 0.2) is 54.6 Å². The molecule has 0 saturated heterocycles. The Morgan fingerprint density at radius 2 is 1.75 bits per heavy atom. The first-order chi connectivity index (χ1) is 11.6. The molecule has 0 fully saturated rings. The van der Waals surface area contributed by atoms with E-state index < -0.39 is 0 Å². The lowest BCUT2D eigenvalue weighted by atomic mass is 10.1. The summed E-state index contributed by atoms with van der Waals surface area (Å²) in [6.45, 7) is 1.85. The van der Waals surface area contributed by atoms with Crippen molar-refractivity contribution in [2.75, 3.05) is 5.32 Å². The number of carbonyl (C=O) groups is 2. The highest BCUT2D eigenvalue weighted by atomic mass is 16.2. The lowest BCUT2D eigenvalue weighted by Crippen LogP contribution is -2.20. The number of anilines is 1. The van der Waals surface area contributed by atoms with Crippen LogP contribution in [0.25, 0.3) is 6.08 Å². The van der Waals surface area contributed by atoms with Crippen molar-refractivity contribution < 1.29 is 9.59 Å². The van der Waals surface area contributed by atoms with Crippen molar-refractivity contribution in [3.05, 3.63) is 71.3 Å². The molecule has 2 N–H and O–H groups in total. The Morgan fingerprint density at radius 1 is 1.08 bits per heavy atom. The van der Waals surface area contributed by atoms with Crippen LogP contribution in [0, 0.1) is 11.3 Å². The molecule has 0 radical (unpaired) electrons. The number of carbonyl (C=O) groups excluding carboxylic acids is 2. The van der Waals surface area contributed by atoms with Crippen molar-refractivity contribution in [3.8, 4) is 6.07 Å². The SMILES string of the molecule is CC(=O)Nc1ccc(/C=C/C(=O)NCc2ccc(C#N)cc2)cc1. The fourth-order valence-electron chi connectivity index (χ4n) is 2.00. The van der Waals surface area contributed by atoms with E-state index in [1.807, 2.05) is 24.3 Å². The second-order valence-corrected chi connectivity index (χ2v) is 5.16. The quantitative estimate of drug-likeness (QED) is 0.831. The zero-order chi connectivity index (χ0) is 17.4. The van der Waals surface area contributed by atoms with E-state index in [2.05, 4.69) is 16.7 Å². The van der Waals surface area contributed by atoms with E-state index in [1.165, 1.54) is 13.0 Å². The van der Waals surface area contributed by atoms with E-state index in [9.17, 15) is 9.59 Å². The molecular weight excluding hydrogens is 302 g/mol. The Bertz CT molecular complexity index is 785. The number of nitrogens with one attached hydrogen (secondary N) is 2. The van der Waals surface area contributed by atoms with E-state index in [0.717, 1.165) is 11.1 Å². The molecule has 120 valence electrons. The van der Waals surface area contributed by atoms with Crippen molar-refractivity contribution in [3.63, 3.8) is 0 Å². The molecule has 0 saturated carbocycles. The Morgan fingerprint density at radius 3 is 2.33 bits per heavy atom. The molecule has 24 heavy (non-hydrogen) atoms. The van der Waals surface area contributed by atoms with Gasteiger partial charge in [0.25, 0.3) is 0 Å². The van der Waals surface area contributed by atoms with Crippen LogP contribution in [-0.2, 0) is 16.1 Å². The predicted octanol–water partition coefficient (Wildman–Crippen LogP) is 2.85. The monoisotopic (exact) mass is 319 g/mol. The van der Waals surface area contributed by atoms with Gasteiger partial charge in [-0.05, 0) is 41.5 Å². The molecule has 0 aliphatic rings. The van der Waals surface area contributed by atoms with E-state index in [0.29, 0.717) is 17.8 Å². The minimum Gasteiger partial charge on any atom is -0.348 e. The molecule has 5 heteroatoms. The highest BCUT2D eigenvalue weighted by Crippen LogP contribution is 2.10. The summed E-state index contributed by atoms with van der Waals surface area (Å²) in [7, 11) is 0. The molecule has 2 amide bonds. The Labute approximate surface area is 140 Å². The summed E-state index contributed by atoms with van der Waals surface area (Å²) in [5, 5.41) is 14.2. The Hall–Kier alpha value is -3.39. The van der Waals surface area contributed by atoms with Gasteiger partial charge in [-0.25, -0.2) is 0 Å². The minimum atomic E-state index is -0.203. The van der Waals surface area contributed by atoms with Gasteiger partial charge in [0.2, 0.25) is 11.8 Å². The largest absolute Gasteiger partial charge is 0.348 e. The van der Waals surface area contributed by atoms with Crippen LogP contribution in [0.2, 0.25) is 0 Å². The number of amides is 2. The van der Waals surface area contributed by atoms with E-state index in [-0.39, 0.29) is 11.8 Å². The molecule has 0 unspecified atom stereocenters. The van der Waals surface area contributed by atoms with Gasteiger partial charge >= 0.3 is 0 Å². The van der Waals surface area contributed by atoms with E-state index >= 15 is 0 Å². The number of benzene rings is 2. The average Bonchev–Trinajstić information content (AvgIpc) is 2.59. The van der Waals surface area contributed by atoms with Crippen LogP contribution in [-0.4, -0.2) is 11.8 Å². The summed E-state index contributed by atoms with van der Waals surface area (Å²) < 4.78 is 0. The maximum Gasteiger partial charge on any atom is 0.244 e. The molecule has 0 heterocycles. The third-order valence-electron chi connectivity index (χ3n) is 3.21. The topological polar surface area (TPSA) is 82.0 Å². The zero-order valence-corrected chi connectivity index (χ0v) is 13.2. The van der Waals surface area contributed by atoms with Gasteiger partial charge in [0.05, 0.1) is 11.6 Å². The van der Waals surface area contributed by atoms with Gasteiger partial charge in [-0.1, -0.05) is 24.3 Å². The first kappa shape index (κ1) is 17.0. The smallest absolute Gasteiger partial charge is 0.244 e. The van der Waals surface area contributed by atoms with Gasteiger partial charge in [-0.3, -0.25) is 9.59 Å². The van der Waals surface area contributed by atoms with E-state index in [4.69, 9.17) is 5.26 Å².